The first-order valence-corrected chi connectivity index (χ1v) is 9.82. The summed E-state index contributed by atoms with van der Waals surface area (Å²) in [6.07, 6.45) is 1.89. The van der Waals surface area contributed by atoms with Crippen LogP contribution < -0.4 is 16.0 Å². The molecule has 0 amide bonds. The third kappa shape index (κ3) is 2.64. The number of ether oxygens (including phenoxy) is 1. The Morgan fingerprint density at radius 3 is 2.39 bits per heavy atom. The Balaban J connectivity index is 1.95. The maximum Gasteiger partial charge on any atom is 0.332 e. The Morgan fingerprint density at radius 1 is 0.968 bits per heavy atom. The molecule has 0 fully saturated rings. The monoisotopic (exact) mass is 415 g/mol. The first-order chi connectivity index (χ1) is 14.9. The van der Waals surface area contributed by atoms with Crippen molar-refractivity contribution >= 4 is 16.9 Å². The summed E-state index contributed by atoms with van der Waals surface area (Å²) in [5.41, 5.74) is 3.64. The summed E-state index contributed by atoms with van der Waals surface area (Å²) < 4.78 is 11.7. The van der Waals surface area contributed by atoms with Crippen LogP contribution in [0.25, 0.3) is 33.9 Å². The number of aromatic nitrogens is 5. The number of nitrogens with zero attached hydrogens (tertiary/aromatic N) is 5. The lowest BCUT2D eigenvalue weighted by Gasteiger charge is -2.12. The Bertz CT molecular complexity index is 1590. The van der Waals surface area contributed by atoms with Gasteiger partial charge in [-0.15, -0.1) is 0 Å². The molecule has 0 N–H and O–H groups in total. The highest BCUT2D eigenvalue weighted by Crippen LogP contribution is 2.30. The predicted molar refractivity (Wildman–Crippen MR) is 119 cm³/mol. The Kier molecular flexibility index (Phi) is 4.11. The van der Waals surface area contributed by atoms with Crippen LogP contribution in [0, 0.1) is 6.92 Å². The molecule has 2 aromatic carbocycles. The van der Waals surface area contributed by atoms with Crippen molar-refractivity contribution in [2.45, 2.75) is 6.92 Å². The van der Waals surface area contributed by atoms with E-state index in [9.17, 15) is 9.59 Å². The van der Waals surface area contributed by atoms with Gasteiger partial charge >= 0.3 is 5.69 Å². The fraction of sp³-hybridized carbons (Fsp3) is 0.174. The van der Waals surface area contributed by atoms with E-state index in [4.69, 9.17) is 9.72 Å². The molecule has 0 radical (unpaired) electrons. The van der Waals surface area contributed by atoms with Crippen molar-refractivity contribution in [3.63, 3.8) is 0 Å². The highest BCUT2D eigenvalue weighted by Gasteiger charge is 2.21. The van der Waals surface area contributed by atoms with Gasteiger partial charge in [0.2, 0.25) is 5.78 Å². The minimum Gasteiger partial charge on any atom is -0.496 e. The Hall–Kier alpha value is -4.07. The molecule has 8 heteroatoms. The molecule has 0 spiro atoms. The smallest absolute Gasteiger partial charge is 0.332 e. The Labute approximate surface area is 177 Å². The summed E-state index contributed by atoms with van der Waals surface area (Å²) in [5, 5.41) is 0. The van der Waals surface area contributed by atoms with Crippen LogP contribution >= 0.6 is 0 Å². The summed E-state index contributed by atoms with van der Waals surface area (Å²) in [4.78, 5) is 30.1. The second-order valence-electron chi connectivity index (χ2n) is 7.53. The third-order valence-corrected chi connectivity index (χ3v) is 5.67. The number of benzene rings is 2. The van der Waals surface area contributed by atoms with Crippen molar-refractivity contribution in [3.8, 4) is 22.7 Å². The maximum atomic E-state index is 13.0. The van der Waals surface area contributed by atoms with E-state index < -0.39 is 5.69 Å². The van der Waals surface area contributed by atoms with Gasteiger partial charge in [0, 0.05) is 31.5 Å². The molecular weight excluding hydrogens is 394 g/mol. The molecular formula is C23H21N5O3. The number of methoxy groups -OCH3 is 1. The average molecular weight is 415 g/mol. The largest absolute Gasteiger partial charge is 0.496 e. The Morgan fingerprint density at radius 2 is 1.71 bits per heavy atom. The second-order valence-corrected chi connectivity index (χ2v) is 7.53. The molecule has 0 aliphatic heterocycles. The minimum atomic E-state index is -0.409. The molecule has 3 aromatic heterocycles. The van der Waals surface area contributed by atoms with E-state index in [-0.39, 0.29) is 5.56 Å². The van der Waals surface area contributed by atoms with Gasteiger partial charge in [0.25, 0.3) is 5.56 Å². The van der Waals surface area contributed by atoms with Crippen LogP contribution in [0.15, 0.2) is 64.3 Å². The average Bonchev–Trinajstić information content (AvgIpc) is 3.33. The maximum absolute atomic E-state index is 13.0. The van der Waals surface area contributed by atoms with Gasteiger partial charge in [0.1, 0.15) is 5.75 Å². The van der Waals surface area contributed by atoms with Crippen molar-refractivity contribution in [1.29, 1.82) is 0 Å². The molecule has 156 valence electrons. The molecule has 5 rings (SSSR count). The van der Waals surface area contributed by atoms with Gasteiger partial charge < -0.3 is 4.74 Å². The van der Waals surface area contributed by atoms with Crippen LogP contribution in [0.3, 0.4) is 0 Å². The second kappa shape index (κ2) is 6.73. The molecule has 0 saturated carbocycles. The predicted octanol–water partition coefficient (Wildman–Crippen LogP) is 2.66. The molecule has 0 unspecified atom stereocenters. The van der Waals surface area contributed by atoms with Crippen molar-refractivity contribution in [2.75, 3.05) is 7.11 Å². The van der Waals surface area contributed by atoms with Gasteiger partial charge in [-0.3, -0.25) is 22.9 Å². The molecule has 8 nitrogen and oxygen atoms in total. The van der Waals surface area contributed by atoms with Gasteiger partial charge in [0.15, 0.2) is 11.2 Å². The van der Waals surface area contributed by atoms with E-state index in [1.807, 2.05) is 66.2 Å². The van der Waals surface area contributed by atoms with E-state index in [2.05, 4.69) is 0 Å². The van der Waals surface area contributed by atoms with Crippen LogP contribution in [-0.4, -0.2) is 30.2 Å². The molecule has 31 heavy (non-hydrogen) atoms. The third-order valence-electron chi connectivity index (χ3n) is 5.67. The molecule has 0 bridgehead atoms. The van der Waals surface area contributed by atoms with Crippen molar-refractivity contribution in [1.82, 2.24) is 23.1 Å². The topological polar surface area (TPSA) is 75.5 Å². The molecule has 5 aromatic rings. The summed E-state index contributed by atoms with van der Waals surface area (Å²) in [7, 11) is 4.74. The summed E-state index contributed by atoms with van der Waals surface area (Å²) in [5.74, 6) is 1.34. The quantitative estimate of drug-likeness (QED) is 0.454. The van der Waals surface area contributed by atoms with Gasteiger partial charge in [-0.05, 0) is 30.7 Å². The lowest BCUT2D eigenvalue weighted by Crippen LogP contribution is -2.37. The van der Waals surface area contributed by atoms with Gasteiger partial charge in [0.05, 0.1) is 12.8 Å². The molecule has 3 heterocycles. The highest BCUT2D eigenvalue weighted by atomic mass is 16.5. The van der Waals surface area contributed by atoms with E-state index in [0.717, 1.165) is 32.8 Å². The SMILES string of the molecule is COc1ccc(-n2c(-c3ccccc3)cn3c4c(=O)n(C)c(=O)n(C)c4nc23)cc1C. The first kappa shape index (κ1) is 18.9. The lowest BCUT2D eigenvalue weighted by molar-refractivity contribution is 0.411. The normalized spacial score (nSPS) is 11.5. The number of hydrogen-bond donors (Lipinski definition) is 0. The van der Waals surface area contributed by atoms with E-state index in [0.29, 0.717) is 16.9 Å². The van der Waals surface area contributed by atoms with Crippen LogP contribution in [0.5, 0.6) is 5.75 Å². The summed E-state index contributed by atoms with van der Waals surface area (Å²) >= 11 is 0. The zero-order chi connectivity index (χ0) is 21.9. The van der Waals surface area contributed by atoms with Crippen LogP contribution in [-0.2, 0) is 14.1 Å². The molecule has 0 aliphatic carbocycles. The van der Waals surface area contributed by atoms with Crippen molar-refractivity contribution in [2.24, 2.45) is 14.1 Å². The van der Waals surface area contributed by atoms with Crippen molar-refractivity contribution < 1.29 is 4.74 Å². The number of aryl methyl sites for hydroxylation is 2. The van der Waals surface area contributed by atoms with Crippen LogP contribution in [0.2, 0.25) is 0 Å². The molecule has 0 aliphatic rings. The van der Waals surface area contributed by atoms with Crippen LogP contribution in [0.1, 0.15) is 5.56 Å². The fourth-order valence-corrected chi connectivity index (χ4v) is 4.04. The lowest BCUT2D eigenvalue weighted by atomic mass is 10.1. The van der Waals surface area contributed by atoms with E-state index in [1.54, 1.807) is 18.6 Å². The molecule has 0 atom stereocenters. The number of rotatable bonds is 3. The minimum absolute atomic E-state index is 0.349. The van der Waals surface area contributed by atoms with Gasteiger partial charge in [-0.25, -0.2) is 4.79 Å². The molecule has 0 saturated heterocycles. The number of hydrogen-bond acceptors (Lipinski definition) is 4. The summed E-state index contributed by atoms with van der Waals surface area (Å²) in [6, 6.07) is 15.8. The zero-order valence-electron chi connectivity index (χ0n) is 17.7. The number of fused-ring (bicyclic) bond motifs is 3. The standard InChI is InChI=1S/C23H21N5O3/c1-14-12-16(10-11-18(14)31-4)28-17(15-8-6-5-7-9-15)13-27-19-20(24-22(27)28)25(2)23(30)26(3)21(19)29/h5-13H,1-4H3. The highest BCUT2D eigenvalue weighted by molar-refractivity contribution is 5.79. The van der Waals surface area contributed by atoms with E-state index >= 15 is 0 Å². The van der Waals surface area contributed by atoms with E-state index in [1.165, 1.54) is 11.6 Å². The summed E-state index contributed by atoms with van der Waals surface area (Å²) in [6.45, 7) is 1.98. The number of imidazole rings is 2. The van der Waals surface area contributed by atoms with Crippen LogP contribution in [0.4, 0.5) is 0 Å². The zero-order valence-corrected chi connectivity index (χ0v) is 17.7. The van der Waals surface area contributed by atoms with Gasteiger partial charge in [-0.2, -0.15) is 4.98 Å². The fourth-order valence-electron chi connectivity index (χ4n) is 4.04. The van der Waals surface area contributed by atoms with Gasteiger partial charge in [-0.1, -0.05) is 30.3 Å². The first-order valence-electron chi connectivity index (χ1n) is 9.82. The van der Waals surface area contributed by atoms with Crippen molar-refractivity contribution in [3.05, 3.63) is 81.1 Å².